The fourth-order valence-corrected chi connectivity index (χ4v) is 3.57. The highest BCUT2D eigenvalue weighted by molar-refractivity contribution is 7.92. The van der Waals surface area contributed by atoms with Crippen molar-refractivity contribution < 1.29 is 22.7 Å². The molecule has 0 heterocycles. The summed E-state index contributed by atoms with van der Waals surface area (Å²) in [6.45, 7) is 1.03. The number of anilines is 1. The van der Waals surface area contributed by atoms with Crippen molar-refractivity contribution in [3.63, 3.8) is 0 Å². The molecule has 0 aliphatic carbocycles. The third kappa shape index (κ3) is 7.05. The van der Waals surface area contributed by atoms with E-state index < -0.39 is 28.4 Å². The Kier molecular flexibility index (Phi) is 7.79. The summed E-state index contributed by atoms with van der Waals surface area (Å²) in [5.41, 5.74) is 8.92. The van der Waals surface area contributed by atoms with E-state index in [9.17, 15) is 18.0 Å². The van der Waals surface area contributed by atoms with E-state index in [2.05, 4.69) is 10.5 Å². The van der Waals surface area contributed by atoms with Gasteiger partial charge >= 0.3 is 0 Å². The third-order valence-corrected chi connectivity index (χ3v) is 5.14. The number of nitrogens with two attached hydrogens (primary N) is 1. The number of hydrogen-bond donors (Lipinski definition) is 2. The number of nitrogens with one attached hydrogen (secondary N) is 1. The van der Waals surface area contributed by atoms with Crippen LogP contribution in [0.2, 0.25) is 5.02 Å². The van der Waals surface area contributed by atoms with Crippen molar-refractivity contribution in [1.29, 1.82) is 0 Å². The smallest absolute Gasteiger partial charge is 0.260 e. The highest BCUT2D eigenvalue weighted by Crippen LogP contribution is 2.25. The molecule has 160 valence electrons. The van der Waals surface area contributed by atoms with Gasteiger partial charge in [-0.05, 0) is 60.5 Å². The standard InChI is InChI=1S/C19H21ClN4O5S/c1-13-9-15(20)5-8-17(13)24(30(2,27)28)11-19(26)23-22-10-14-3-6-16(7-4-14)29-12-18(21)25/h3-10H,11-12H2,1-2H3,(H2,21,25)(H,23,26)/b22-10-. The monoisotopic (exact) mass is 452 g/mol. The Hall–Kier alpha value is -3.11. The third-order valence-electron chi connectivity index (χ3n) is 3.78. The molecular weight excluding hydrogens is 432 g/mol. The molecule has 0 spiro atoms. The average molecular weight is 453 g/mol. The van der Waals surface area contributed by atoms with Gasteiger partial charge in [0, 0.05) is 5.02 Å². The minimum absolute atomic E-state index is 0.229. The molecule has 2 rings (SSSR count). The van der Waals surface area contributed by atoms with Crippen LogP contribution in [-0.2, 0) is 19.6 Å². The molecule has 0 radical (unpaired) electrons. The first-order chi connectivity index (χ1) is 14.1. The van der Waals surface area contributed by atoms with Gasteiger partial charge in [-0.25, -0.2) is 13.8 Å². The number of primary amides is 1. The summed E-state index contributed by atoms with van der Waals surface area (Å²) in [4.78, 5) is 22.9. The number of carbonyl (C=O) groups is 2. The summed E-state index contributed by atoms with van der Waals surface area (Å²) in [5.74, 6) is -0.746. The second-order valence-electron chi connectivity index (χ2n) is 6.32. The molecule has 11 heteroatoms. The average Bonchev–Trinajstić information content (AvgIpc) is 2.65. The van der Waals surface area contributed by atoms with Crippen LogP contribution in [0.25, 0.3) is 0 Å². The van der Waals surface area contributed by atoms with E-state index in [1.54, 1.807) is 43.3 Å². The number of amides is 2. The number of halogens is 1. The number of hydrazone groups is 1. The summed E-state index contributed by atoms with van der Waals surface area (Å²) >= 11 is 5.91. The maximum Gasteiger partial charge on any atom is 0.260 e. The van der Waals surface area contributed by atoms with Crippen LogP contribution in [0, 0.1) is 6.92 Å². The van der Waals surface area contributed by atoms with Crippen LogP contribution >= 0.6 is 11.6 Å². The summed E-state index contributed by atoms with van der Waals surface area (Å²) < 4.78 is 30.4. The first-order valence-electron chi connectivity index (χ1n) is 8.63. The van der Waals surface area contributed by atoms with Crippen molar-refractivity contribution in [2.45, 2.75) is 6.92 Å². The van der Waals surface area contributed by atoms with Crippen molar-refractivity contribution in [2.24, 2.45) is 10.8 Å². The van der Waals surface area contributed by atoms with E-state index >= 15 is 0 Å². The van der Waals surface area contributed by atoms with Crippen LogP contribution in [-0.4, -0.2) is 45.9 Å². The van der Waals surface area contributed by atoms with E-state index in [0.29, 0.717) is 27.6 Å². The molecule has 0 bridgehead atoms. The minimum Gasteiger partial charge on any atom is -0.484 e. The Morgan fingerprint density at radius 3 is 2.47 bits per heavy atom. The summed E-state index contributed by atoms with van der Waals surface area (Å²) in [5, 5.41) is 4.29. The first kappa shape index (κ1) is 23.2. The summed E-state index contributed by atoms with van der Waals surface area (Å²) in [7, 11) is -3.71. The molecule has 2 amide bonds. The van der Waals surface area contributed by atoms with Gasteiger partial charge < -0.3 is 10.5 Å². The van der Waals surface area contributed by atoms with Gasteiger partial charge in [-0.2, -0.15) is 5.10 Å². The first-order valence-corrected chi connectivity index (χ1v) is 10.9. The van der Waals surface area contributed by atoms with Gasteiger partial charge in [-0.3, -0.25) is 13.9 Å². The summed E-state index contributed by atoms with van der Waals surface area (Å²) in [6, 6.07) is 11.2. The zero-order valence-corrected chi connectivity index (χ0v) is 17.9. The van der Waals surface area contributed by atoms with Crippen molar-refractivity contribution in [3.8, 4) is 5.75 Å². The number of aryl methyl sites for hydroxylation is 1. The van der Waals surface area contributed by atoms with E-state index in [1.807, 2.05) is 0 Å². The Balaban J connectivity index is 2.01. The van der Waals surface area contributed by atoms with Crippen molar-refractivity contribution in [3.05, 3.63) is 58.6 Å². The van der Waals surface area contributed by atoms with Crippen LogP contribution in [0.15, 0.2) is 47.6 Å². The number of ether oxygens (including phenoxy) is 1. The molecule has 0 saturated carbocycles. The predicted molar refractivity (Wildman–Crippen MR) is 115 cm³/mol. The zero-order chi connectivity index (χ0) is 22.3. The molecule has 0 aliphatic rings. The second-order valence-corrected chi connectivity index (χ2v) is 8.66. The molecule has 0 atom stereocenters. The van der Waals surface area contributed by atoms with Crippen molar-refractivity contribution in [2.75, 3.05) is 23.7 Å². The van der Waals surface area contributed by atoms with Gasteiger partial charge in [0.2, 0.25) is 10.0 Å². The van der Waals surface area contributed by atoms with Gasteiger partial charge in [0.1, 0.15) is 12.3 Å². The Bertz CT molecular complexity index is 1060. The molecule has 2 aromatic carbocycles. The Labute approximate surface area is 179 Å². The molecule has 0 fully saturated rings. The zero-order valence-electron chi connectivity index (χ0n) is 16.3. The van der Waals surface area contributed by atoms with Crippen molar-refractivity contribution in [1.82, 2.24) is 5.43 Å². The maximum absolute atomic E-state index is 12.2. The van der Waals surface area contributed by atoms with Crippen LogP contribution in [0.1, 0.15) is 11.1 Å². The van der Waals surface area contributed by atoms with E-state index in [0.717, 1.165) is 10.6 Å². The van der Waals surface area contributed by atoms with Crippen LogP contribution in [0.3, 0.4) is 0 Å². The van der Waals surface area contributed by atoms with E-state index in [1.165, 1.54) is 12.3 Å². The van der Waals surface area contributed by atoms with Gasteiger partial charge in [0.25, 0.3) is 11.8 Å². The lowest BCUT2D eigenvalue weighted by Crippen LogP contribution is -2.39. The minimum atomic E-state index is -3.71. The van der Waals surface area contributed by atoms with E-state index in [-0.39, 0.29) is 6.61 Å². The van der Waals surface area contributed by atoms with Gasteiger partial charge in [0.15, 0.2) is 6.61 Å². The fourth-order valence-electron chi connectivity index (χ4n) is 2.43. The number of benzene rings is 2. The SMILES string of the molecule is Cc1cc(Cl)ccc1N(CC(=O)N/N=C\c1ccc(OCC(N)=O)cc1)S(C)(=O)=O. The highest BCUT2D eigenvalue weighted by Gasteiger charge is 2.22. The number of rotatable bonds is 9. The molecule has 0 saturated heterocycles. The molecule has 0 aromatic heterocycles. The topological polar surface area (TPSA) is 131 Å². The van der Waals surface area contributed by atoms with Crippen LogP contribution in [0.4, 0.5) is 5.69 Å². The molecule has 9 nitrogen and oxygen atoms in total. The van der Waals surface area contributed by atoms with Crippen molar-refractivity contribution >= 4 is 45.3 Å². The number of carbonyl (C=O) groups excluding carboxylic acids is 2. The van der Waals surface area contributed by atoms with Crippen LogP contribution < -0.4 is 20.2 Å². The lowest BCUT2D eigenvalue weighted by atomic mass is 10.2. The van der Waals surface area contributed by atoms with Crippen LogP contribution in [0.5, 0.6) is 5.75 Å². The summed E-state index contributed by atoms with van der Waals surface area (Å²) in [6.07, 6.45) is 2.40. The predicted octanol–water partition coefficient (Wildman–Crippen LogP) is 1.43. The molecule has 30 heavy (non-hydrogen) atoms. The second kappa shape index (κ2) is 10.1. The quantitative estimate of drug-likeness (QED) is 0.439. The van der Waals surface area contributed by atoms with Gasteiger partial charge in [-0.1, -0.05) is 11.6 Å². The molecular formula is C19H21ClN4O5S. The van der Waals surface area contributed by atoms with E-state index in [4.69, 9.17) is 22.1 Å². The molecule has 3 N–H and O–H groups in total. The molecule has 0 unspecified atom stereocenters. The fraction of sp³-hybridized carbons (Fsp3) is 0.211. The lowest BCUT2D eigenvalue weighted by molar-refractivity contribution is -0.120. The maximum atomic E-state index is 12.2. The highest BCUT2D eigenvalue weighted by atomic mass is 35.5. The van der Waals surface area contributed by atoms with Gasteiger partial charge in [-0.15, -0.1) is 0 Å². The van der Waals surface area contributed by atoms with Gasteiger partial charge in [0.05, 0.1) is 18.2 Å². The Morgan fingerprint density at radius 1 is 1.23 bits per heavy atom. The lowest BCUT2D eigenvalue weighted by Gasteiger charge is -2.23. The normalized spacial score (nSPS) is 11.3. The number of hydrogen-bond acceptors (Lipinski definition) is 6. The number of sulfonamides is 1. The molecule has 2 aromatic rings. The number of nitrogens with zero attached hydrogens (tertiary/aromatic N) is 2. The molecule has 0 aliphatic heterocycles. The largest absolute Gasteiger partial charge is 0.484 e. The Morgan fingerprint density at radius 2 is 1.90 bits per heavy atom.